The van der Waals surface area contributed by atoms with Crippen molar-refractivity contribution in [2.45, 2.75) is 13.8 Å². The maximum Gasteiger partial charge on any atom is 0.338 e. The Kier molecular flexibility index (Phi) is 8.33. The summed E-state index contributed by atoms with van der Waals surface area (Å²) in [6.45, 7) is 3.90. The molecule has 0 fully saturated rings. The number of ether oxygens (including phenoxy) is 3. The first-order valence-electron chi connectivity index (χ1n) is 12.2. The Hall–Kier alpha value is -5.33. The predicted octanol–water partition coefficient (Wildman–Crippen LogP) is 4.10. The smallest absolute Gasteiger partial charge is 0.338 e. The van der Waals surface area contributed by atoms with Gasteiger partial charge in [0.15, 0.2) is 11.5 Å². The summed E-state index contributed by atoms with van der Waals surface area (Å²) in [6, 6.07) is 13.9. The lowest BCUT2D eigenvalue weighted by molar-refractivity contribution is -0.384. The zero-order valence-corrected chi connectivity index (χ0v) is 22.2. The molecule has 1 heterocycles. The van der Waals surface area contributed by atoms with Crippen molar-refractivity contribution in [2.75, 3.05) is 32.3 Å². The zero-order chi connectivity index (χ0) is 28.8. The number of nitrogens with zero attached hydrogens (tertiary/aromatic N) is 6. The number of nitro benzene ring substituents is 1. The third-order valence-electron chi connectivity index (χ3n) is 6.04. The second-order valence-electron chi connectivity index (χ2n) is 8.32. The fourth-order valence-electron chi connectivity index (χ4n) is 4.16. The van der Waals surface area contributed by atoms with Crippen LogP contribution in [-0.2, 0) is 4.74 Å². The van der Waals surface area contributed by atoms with E-state index in [4.69, 9.17) is 14.2 Å². The van der Waals surface area contributed by atoms with Crippen LogP contribution >= 0.6 is 0 Å². The lowest BCUT2D eigenvalue weighted by atomic mass is 9.98. The SMILES string of the molecule is CCOC(=O)c1ccc(-c2cc(C(=O)N(CC)c3ccc(OC)c(OC)c3)cc(-n3cnnn3)c2)c([N+](=O)[O-])c1. The number of esters is 1. The molecule has 1 aromatic heterocycles. The molecule has 0 atom stereocenters. The van der Waals surface area contributed by atoms with Gasteiger partial charge in [-0.05, 0) is 72.3 Å². The van der Waals surface area contributed by atoms with E-state index in [0.29, 0.717) is 35.0 Å². The summed E-state index contributed by atoms with van der Waals surface area (Å²) in [6.07, 6.45) is 1.34. The number of hydrogen-bond donors (Lipinski definition) is 0. The van der Waals surface area contributed by atoms with Crippen LogP contribution in [0.25, 0.3) is 16.8 Å². The van der Waals surface area contributed by atoms with Gasteiger partial charge in [-0.15, -0.1) is 5.10 Å². The summed E-state index contributed by atoms with van der Waals surface area (Å²) in [4.78, 5) is 39.0. The highest BCUT2D eigenvalue weighted by Crippen LogP contribution is 2.35. The van der Waals surface area contributed by atoms with Gasteiger partial charge < -0.3 is 19.1 Å². The first-order chi connectivity index (χ1) is 19.3. The Morgan fingerprint density at radius 1 is 0.975 bits per heavy atom. The highest BCUT2D eigenvalue weighted by molar-refractivity contribution is 6.07. The number of rotatable bonds is 10. The van der Waals surface area contributed by atoms with E-state index in [9.17, 15) is 19.7 Å². The minimum Gasteiger partial charge on any atom is -0.493 e. The average Bonchev–Trinajstić information content (AvgIpc) is 3.52. The van der Waals surface area contributed by atoms with E-state index in [0.717, 1.165) is 6.07 Å². The summed E-state index contributed by atoms with van der Waals surface area (Å²) in [5, 5.41) is 23.2. The van der Waals surface area contributed by atoms with Gasteiger partial charge in [0.1, 0.15) is 6.33 Å². The molecule has 0 aliphatic heterocycles. The van der Waals surface area contributed by atoms with Gasteiger partial charge in [-0.25, -0.2) is 9.48 Å². The van der Waals surface area contributed by atoms with Gasteiger partial charge in [0.25, 0.3) is 11.6 Å². The van der Waals surface area contributed by atoms with Crippen molar-refractivity contribution in [3.63, 3.8) is 0 Å². The van der Waals surface area contributed by atoms with Gasteiger partial charge in [-0.2, -0.15) is 0 Å². The quantitative estimate of drug-likeness (QED) is 0.161. The number of aromatic nitrogens is 4. The molecule has 0 radical (unpaired) electrons. The number of methoxy groups -OCH3 is 2. The number of nitro groups is 1. The van der Waals surface area contributed by atoms with E-state index in [1.54, 1.807) is 43.3 Å². The standard InChI is InChI=1S/C27H26N6O7/c1-5-31(20-8-10-24(38-3)25(15-20)39-4)26(34)19-11-18(12-21(13-19)32-16-28-29-30-32)22-9-7-17(27(35)40-6-2)14-23(22)33(36)37/h7-16H,5-6H2,1-4H3. The molecule has 4 aromatic rings. The molecule has 13 heteroatoms. The molecule has 0 saturated carbocycles. The second-order valence-corrected chi connectivity index (χ2v) is 8.32. The van der Waals surface area contributed by atoms with E-state index in [2.05, 4.69) is 15.5 Å². The molecular weight excluding hydrogens is 520 g/mol. The van der Waals surface area contributed by atoms with Crippen molar-refractivity contribution >= 4 is 23.3 Å². The molecule has 0 spiro atoms. The summed E-state index contributed by atoms with van der Waals surface area (Å²) < 4.78 is 17.0. The fraction of sp³-hybridized carbons (Fsp3) is 0.222. The van der Waals surface area contributed by atoms with Crippen LogP contribution in [-0.4, -0.2) is 64.4 Å². The van der Waals surface area contributed by atoms with Crippen molar-refractivity contribution in [3.05, 3.63) is 82.2 Å². The Bertz CT molecular complexity index is 1560. The van der Waals surface area contributed by atoms with Crippen molar-refractivity contribution in [1.29, 1.82) is 0 Å². The molecule has 0 saturated heterocycles. The van der Waals surface area contributed by atoms with Gasteiger partial charge in [-0.3, -0.25) is 14.9 Å². The fourth-order valence-corrected chi connectivity index (χ4v) is 4.16. The first kappa shape index (κ1) is 27.7. The van der Waals surface area contributed by atoms with E-state index >= 15 is 0 Å². The molecule has 40 heavy (non-hydrogen) atoms. The maximum atomic E-state index is 13.9. The number of anilines is 1. The van der Waals surface area contributed by atoms with Crippen molar-refractivity contribution in [1.82, 2.24) is 20.2 Å². The third kappa shape index (κ3) is 5.57. The van der Waals surface area contributed by atoms with Crippen LogP contribution in [0.15, 0.2) is 60.9 Å². The van der Waals surface area contributed by atoms with E-state index in [1.807, 2.05) is 6.92 Å². The highest BCUT2D eigenvalue weighted by atomic mass is 16.6. The van der Waals surface area contributed by atoms with E-state index in [1.165, 1.54) is 42.3 Å². The molecule has 0 unspecified atom stereocenters. The molecule has 1 amide bonds. The van der Waals surface area contributed by atoms with Gasteiger partial charge in [0.05, 0.1) is 42.6 Å². The molecule has 0 aliphatic carbocycles. The van der Waals surface area contributed by atoms with Crippen molar-refractivity contribution in [2.24, 2.45) is 0 Å². The number of amides is 1. The van der Waals surface area contributed by atoms with Crippen LogP contribution in [0, 0.1) is 10.1 Å². The van der Waals surface area contributed by atoms with E-state index < -0.39 is 10.9 Å². The molecule has 0 aliphatic rings. The molecule has 3 aromatic carbocycles. The number of carbonyl (C=O) groups excluding carboxylic acids is 2. The maximum absolute atomic E-state index is 13.9. The van der Waals surface area contributed by atoms with Gasteiger partial charge >= 0.3 is 5.97 Å². The van der Waals surface area contributed by atoms with Crippen LogP contribution < -0.4 is 14.4 Å². The lowest BCUT2D eigenvalue weighted by Gasteiger charge is -2.23. The Labute approximate surface area is 229 Å². The second kappa shape index (κ2) is 12.0. The number of hydrogen-bond acceptors (Lipinski definition) is 10. The summed E-state index contributed by atoms with van der Waals surface area (Å²) in [5.41, 5.74) is 1.43. The monoisotopic (exact) mass is 546 g/mol. The van der Waals surface area contributed by atoms with Gasteiger partial charge in [-0.1, -0.05) is 0 Å². The summed E-state index contributed by atoms with van der Waals surface area (Å²) >= 11 is 0. The lowest BCUT2D eigenvalue weighted by Crippen LogP contribution is -2.30. The summed E-state index contributed by atoms with van der Waals surface area (Å²) in [5.74, 6) is -0.0938. The van der Waals surface area contributed by atoms with Gasteiger partial charge in [0, 0.05) is 29.9 Å². The summed E-state index contributed by atoms with van der Waals surface area (Å²) in [7, 11) is 3.02. The number of tetrazole rings is 1. The van der Waals surface area contributed by atoms with Crippen LogP contribution in [0.5, 0.6) is 11.5 Å². The van der Waals surface area contributed by atoms with E-state index in [-0.39, 0.29) is 34.9 Å². The van der Waals surface area contributed by atoms with Crippen LogP contribution in [0.1, 0.15) is 34.6 Å². The van der Waals surface area contributed by atoms with Crippen LogP contribution in [0.2, 0.25) is 0 Å². The topological polar surface area (TPSA) is 152 Å². The average molecular weight is 547 g/mol. The minimum atomic E-state index is -0.677. The van der Waals surface area contributed by atoms with Gasteiger partial charge in [0.2, 0.25) is 0 Å². The van der Waals surface area contributed by atoms with Crippen molar-refractivity contribution in [3.8, 4) is 28.3 Å². The normalized spacial score (nSPS) is 10.6. The Morgan fingerprint density at radius 2 is 1.75 bits per heavy atom. The van der Waals surface area contributed by atoms with Crippen molar-refractivity contribution < 1.29 is 28.7 Å². The molecule has 0 N–H and O–H groups in total. The third-order valence-corrected chi connectivity index (χ3v) is 6.04. The Morgan fingerprint density at radius 3 is 2.38 bits per heavy atom. The van der Waals surface area contributed by atoms with Crippen LogP contribution in [0.3, 0.4) is 0 Å². The largest absolute Gasteiger partial charge is 0.493 e. The molecule has 13 nitrogen and oxygen atoms in total. The number of carbonyl (C=O) groups is 2. The molecular formula is C27H26N6O7. The zero-order valence-electron chi connectivity index (χ0n) is 22.2. The first-order valence-corrected chi connectivity index (χ1v) is 12.2. The highest BCUT2D eigenvalue weighted by Gasteiger charge is 2.24. The molecule has 206 valence electrons. The molecule has 4 rings (SSSR count). The minimum absolute atomic E-state index is 0.0378. The molecule has 0 bridgehead atoms. The number of benzene rings is 3. The van der Waals surface area contributed by atoms with Crippen LogP contribution in [0.4, 0.5) is 11.4 Å². The Balaban J connectivity index is 1.85. The predicted molar refractivity (Wildman–Crippen MR) is 144 cm³/mol.